The maximum absolute atomic E-state index is 5.74. The molecule has 0 spiro atoms. The van der Waals surface area contributed by atoms with Crippen LogP contribution in [0.25, 0.3) is 0 Å². The van der Waals surface area contributed by atoms with Crippen molar-refractivity contribution in [3.05, 3.63) is 54.1 Å². The van der Waals surface area contributed by atoms with E-state index in [1.54, 1.807) is 7.11 Å². The van der Waals surface area contributed by atoms with Gasteiger partial charge in [-0.3, -0.25) is 0 Å². The number of ether oxygens (including phenoxy) is 3. The molecule has 0 aliphatic carbocycles. The highest BCUT2D eigenvalue weighted by atomic mass is 16.5. The standard InChI is InChI=1S/C17H20O3/c1-3-14-6-4-5-7-17(14)20-13-12-19-16-10-8-15(18-2)9-11-16/h4-11H,3,12-13H2,1-2H3. The zero-order chi connectivity index (χ0) is 14.2. The summed E-state index contributed by atoms with van der Waals surface area (Å²) in [6.07, 6.45) is 0.968. The van der Waals surface area contributed by atoms with E-state index in [9.17, 15) is 0 Å². The summed E-state index contributed by atoms with van der Waals surface area (Å²) in [5, 5.41) is 0. The number of hydrogen-bond donors (Lipinski definition) is 0. The minimum atomic E-state index is 0.518. The Bertz CT molecular complexity index is 520. The summed E-state index contributed by atoms with van der Waals surface area (Å²) in [6, 6.07) is 15.6. The molecule has 2 aromatic carbocycles. The SMILES string of the molecule is CCc1ccccc1OCCOc1ccc(OC)cc1. The molecule has 20 heavy (non-hydrogen) atoms. The van der Waals surface area contributed by atoms with Gasteiger partial charge in [0, 0.05) is 0 Å². The molecule has 0 N–H and O–H groups in total. The van der Waals surface area contributed by atoms with E-state index in [0.717, 1.165) is 23.7 Å². The molecule has 0 aliphatic heterocycles. The van der Waals surface area contributed by atoms with Crippen molar-refractivity contribution in [2.45, 2.75) is 13.3 Å². The van der Waals surface area contributed by atoms with Gasteiger partial charge in [0.2, 0.25) is 0 Å². The number of methoxy groups -OCH3 is 1. The monoisotopic (exact) mass is 272 g/mol. The molecular formula is C17H20O3. The van der Waals surface area contributed by atoms with E-state index in [2.05, 4.69) is 13.0 Å². The van der Waals surface area contributed by atoms with E-state index in [4.69, 9.17) is 14.2 Å². The van der Waals surface area contributed by atoms with E-state index < -0.39 is 0 Å². The fourth-order valence-corrected chi connectivity index (χ4v) is 1.92. The van der Waals surface area contributed by atoms with Crippen molar-refractivity contribution in [2.75, 3.05) is 20.3 Å². The molecule has 0 atom stereocenters. The number of benzene rings is 2. The van der Waals surface area contributed by atoms with E-state index in [1.165, 1.54) is 5.56 Å². The van der Waals surface area contributed by atoms with Crippen LogP contribution >= 0.6 is 0 Å². The maximum Gasteiger partial charge on any atom is 0.122 e. The molecule has 0 heterocycles. The lowest BCUT2D eigenvalue weighted by molar-refractivity contribution is 0.216. The predicted octanol–water partition coefficient (Wildman–Crippen LogP) is 3.72. The highest BCUT2D eigenvalue weighted by molar-refractivity contribution is 5.33. The average molecular weight is 272 g/mol. The Morgan fingerprint density at radius 1 is 0.800 bits per heavy atom. The van der Waals surface area contributed by atoms with Gasteiger partial charge in [-0.05, 0) is 42.3 Å². The predicted molar refractivity (Wildman–Crippen MR) is 79.8 cm³/mol. The smallest absolute Gasteiger partial charge is 0.122 e. The zero-order valence-electron chi connectivity index (χ0n) is 12.0. The summed E-state index contributed by atoms with van der Waals surface area (Å²) in [6.45, 7) is 3.17. The number of para-hydroxylation sites is 1. The molecule has 3 nitrogen and oxygen atoms in total. The lowest BCUT2D eigenvalue weighted by Gasteiger charge is -2.11. The first-order valence-corrected chi connectivity index (χ1v) is 6.81. The maximum atomic E-state index is 5.74. The van der Waals surface area contributed by atoms with Gasteiger partial charge in [0.15, 0.2) is 0 Å². The van der Waals surface area contributed by atoms with Crippen molar-refractivity contribution in [3.8, 4) is 17.2 Å². The molecule has 0 amide bonds. The third kappa shape index (κ3) is 3.92. The van der Waals surface area contributed by atoms with Gasteiger partial charge in [-0.2, -0.15) is 0 Å². The summed E-state index contributed by atoms with van der Waals surface area (Å²) in [4.78, 5) is 0. The third-order valence-corrected chi connectivity index (χ3v) is 3.02. The van der Waals surface area contributed by atoms with Gasteiger partial charge >= 0.3 is 0 Å². The van der Waals surface area contributed by atoms with E-state index in [0.29, 0.717) is 13.2 Å². The van der Waals surface area contributed by atoms with E-state index in [-0.39, 0.29) is 0 Å². The van der Waals surface area contributed by atoms with Crippen LogP contribution in [0.4, 0.5) is 0 Å². The first-order chi connectivity index (χ1) is 9.83. The van der Waals surface area contributed by atoms with Gasteiger partial charge in [0.25, 0.3) is 0 Å². The van der Waals surface area contributed by atoms with Crippen LogP contribution in [0.15, 0.2) is 48.5 Å². The highest BCUT2D eigenvalue weighted by Gasteiger charge is 2.00. The third-order valence-electron chi connectivity index (χ3n) is 3.02. The van der Waals surface area contributed by atoms with Gasteiger partial charge in [-0.15, -0.1) is 0 Å². The van der Waals surface area contributed by atoms with Gasteiger partial charge < -0.3 is 14.2 Å². The molecule has 106 valence electrons. The van der Waals surface area contributed by atoms with Crippen molar-refractivity contribution in [2.24, 2.45) is 0 Å². The lowest BCUT2D eigenvalue weighted by Crippen LogP contribution is -2.09. The van der Waals surface area contributed by atoms with Gasteiger partial charge in [0.05, 0.1) is 7.11 Å². The van der Waals surface area contributed by atoms with Crippen molar-refractivity contribution in [1.82, 2.24) is 0 Å². The van der Waals surface area contributed by atoms with Crippen molar-refractivity contribution < 1.29 is 14.2 Å². The topological polar surface area (TPSA) is 27.7 Å². The first-order valence-electron chi connectivity index (χ1n) is 6.81. The summed E-state index contributed by atoms with van der Waals surface area (Å²) < 4.78 is 16.5. The molecule has 0 saturated carbocycles. The van der Waals surface area contributed by atoms with Crippen molar-refractivity contribution in [1.29, 1.82) is 0 Å². The lowest BCUT2D eigenvalue weighted by atomic mass is 10.1. The second-order valence-electron chi connectivity index (χ2n) is 4.33. The first kappa shape index (κ1) is 14.3. The molecule has 2 aromatic rings. The Labute approximate surface area is 120 Å². The minimum Gasteiger partial charge on any atom is -0.497 e. The fourth-order valence-electron chi connectivity index (χ4n) is 1.92. The Kier molecular flexibility index (Phi) is 5.30. The normalized spacial score (nSPS) is 10.1. The van der Waals surface area contributed by atoms with Crippen LogP contribution in [0.1, 0.15) is 12.5 Å². The van der Waals surface area contributed by atoms with Gasteiger partial charge in [-0.25, -0.2) is 0 Å². The van der Waals surface area contributed by atoms with Crippen LogP contribution in [-0.2, 0) is 6.42 Å². The average Bonchev–Trinajstić information content (AvgIpc) is 2.52. The molecule has 0 unspecified atom stereocenters. The Balaban J connectivity index is 1.78. The van der Waals surface area contributed by atoms with Gasteiger partial charge in [-0.1, -0.05) is 25.1 Å². The molecule has 0 radical (unpaired) electrons. The number of hydrogen-bond acceptors (Lipinski definition) is 3. The van der Waals surface area contributed by atoms with Crippen LogP contribution in [0.5, 0.6) is 17.2 Å². The molecule has 0 aromatic heterocycles. The molecule has 0 aliphatic rings. The number of rotatable bonds is 7. The quantitative estimate of drug-likeness (QED) is 0.719. The molecular weight excluding hydrogens is 252 g/mol. The second-order valence-corrected chi connectivity index (χ2v) is 4.33. The summed E-state index contributed by atoms with van der Waals surface area (Å²) in [5.41, 5.74) is 1.22. The number of aryl methyl sites for hydroxylation is 1. The molecule has 2 rings (SSSR count). The zero-order valence-corrected chi connectivity index (χ0v) is 12.0. The Hall–Kier alpha value is -2.16. The molecule has 0 saturated heterocycles. The fraction of sp³-hybridized carbons (Fsp3) is 0.294. The Morgan fingerprint density at radius 3 is 2.15 bits per heavy atom. The summed E-state index contributed by atoms with van der Waals surface area (Å²) >= 11 is 0. The second kappa shape index (κ2) is 7.43. The van der Waals surface area contributed by atoms with Crippen LogP contribution < -0.4 is 14.2 Å². The van der Waals surface area contributed by atoms with E-state index in [1.807, 2.05) is 42.5 Å². The van der Waals surface area contributed by atoms with E-state index >= 15 is 0 Å². The van der Waals surface area contributed by atoms with Crippen LogP contribution in [0.3, 0.4) is 0 Å². The van der Waals surface area contributed by atoms with Crippen molar-refractivity contribution >= 4 is 0 Å². The Morgan fingerprint density at radius 2 is 1.45 bits per heavy atom. The largest absolute Gasteiger partial charge is 0.497 e. The minimum absolute atomic E-state index is 0.518. The highest BCUT2D eigenvalue weighted by Crippen LogP contribution is 2.19. The summed E-state index contributed by atoms with van der Waals surface area (Å²) in [7, 11) is 1.65. The van der Waals surface area contributed by atoms with Gasteiger partial charge in [0.1, 0.15) is 30.5 Å². The van der Waals surface area contributed by atoms with Crippen LogP contribution in [-0.4, -0.2) is 20.3 Å². The summed E-state index contributed by atoms with van der Waals surface area (Å²) in [5.74, 6) is 2.58. The van der Waals surface area contributed by atoms with Crippen molar-refractivity contribution in [3.63, 3.8) is 0 Å². The molecule has 0 bridgehead atoms. The van der Waals surface area contributed by atoms with Crippen LogP contribution in [0, 0.1) is 0 Å². The molecule has 3 heteroatoms. The molecule has 0 fully saturated rings. The van der Waals surface area contributed by atoms with Crippen LogP contribution in [0.2, 0.25) is 0 Å².